The number of hydrogen-bond acceptors (Lipinski definition) is 3. The van der Waals surface area contributed by atoms with E-state index in [2.05, 4.69) is 63.7 Å². The van der Waals surface area contributed by atoms with Gasteiger partial charge < -0.3 is 5.32 Å². The van der Waals surface area contributed by atoms with Gasteiger partial charge in [0.25, 0.3) is 0 Å². The molecule has 3 rings (SSSR count). The third-order valence-electron chi connectivity index (χ3n) is 4.88. The highest BCUT2D eigenvalue weighted by Crippen LogP contribution is 2.04. The Bertz CT molecular complexity index is 707. The molecule has 1 heterocycles. The van der Waals surface area contributed by atoms with Crippen LogP contribution in [0.25, 0.3) is 6.08 Å². The molecule has 1 aliphatic heterocycles. The third kappa shape index (κ3) is 7.00. The molecule has 0 spiro atoms. The molecule has 1 aliphatic rings. The van der Waals surface area contributed by atoms with Gasteiger partial charge in [-0.1, -0.05) is 72.8 Å². The van der Waals surface area contributed by atoms with E-state index >= 15 is 0 Å². The maximum absolute atomic E-state index is 12.1. The Hall–Kier alpha value is -2.43. The standard InChI is InChI=1S/C23H29N3O/c27-23(24-14-13-22-10-5-2-6-11-22)20-26-18-16-25(17-19-26)15-7-12-21-8-3-1-4-9-21/h1-12H,13-20H2,(H,24,27)/b12-7+. The fourth-order valence-electron chi connectivity index (χ4n) is 3.28. The van der Waals surface area contributed by atoms with Crippen LogP contribution in [0.3, 0.4) is 0 Å². The molecule has 0 unspecified atom stereocenters. The third-order valence-corrected chi connectivity index (χ3v) is 4.88. The zero-order valence-corrected chi connectivity index (χ0v) is 15.9. The molecule has 4 heteroatoms. The Morgan fingerprint density at radius 2 is 1.52 bits per heavy atom. The van der Waals surface area contributed by atoms with E-state index in [0.717, 1.165) is 39.1 Å². The minimum atomic E-state index is 0.128. The van der Waals surface area contributed by atoms with Crippen molar-refractivity contribution in [1.82, 2.24) is 15.1 Å². The van der Waals surface area contributed by atoms with Crippen molar-refractivity contribution in [1.29, 1.82) is 0 Å². The molecule has 0 atom stereocenters. The van der Waals surface area contributed by atoms with Gasteiger partial charge in [-0.3, -0.25) is 14.6 Å². The second kappa shape index (κ2) is 10.7. The summed E-state index contributed by atoms with van der Waals surface area (Å²) < 4.78 is 0. The maximum Gasteiger partial charge on any atom is 0.234 e. The number of hydrogen-bond donors (Lipinski definition) is 1. The van der Waals surface area contributed by atoms with E-state index in [1.54, 1.807) is 0 Å². The summed E-state index contributed by atoms with van der Waals surface area (Å²) in [6, 6.07) is 20.7. The number of amides is 1. The van der Waals surface area contributed by atoms with Gasteiger partial charge in [0.2, 0.25) is 5.91 Å². The second-order valence-corrected chi connectivity index (χ2v) is 6.98. The zero-order chi connectivity index (χ0) is 18.7. The number of nitrogens with zero attached hydrogens (tertiary/aromatic N) is 2. The van der Waals surface area contributed by atoms with E-state index in [9.17, 15) is 4.79 Å². The number of rotatable bonds is 8. The molecule has 2 aromatic rings. The highest BCUT2D eigenvalue weighted by Gasteiger charge is 2.17. The normalized spacial score (nSPS) is 15.9. The van der Waals surface area contributed by atoms with Crippen LogP contribution in [0.4, 0.5) is 0 Å². The molecule has 142 valence electrons. The Labute approximate surface area is 162 Å². The predicted octanol–water partition coefficient (Wildman–Crippen LogP) is 2.68. The van der Waals surface area contributed by atoms with Crippen LogP contribution in [0.2, 0.25) is 0 Å². The first-order valence-corrected chi connectivity index (χ1v) is 9.76. The van der Waals surface area contributed by atoms with Crippen molar-refractivity contribution in [3.63, 3.8) is 0 Å². The van der Waals surface area contributed by atoms with Crippen molar-refractivity contribution in [2.75, 3.05) is 45.8 Å². The SMILES string of the molecule is O=C(CN1CCN(C/C=C/c2ccccc2)CC1)NCCc1ccccc1. The lowest BCUT2D eigenvalue weighted by Crippen LogP contribution is -2.49. The smallest absolute Gasteiger partial charge is 0.234 e. The highest BCUT2D eigenvalue weighted by atomic mass is 16.2. The first-order valence-electron chi connectivity index (χ1n) is 9.76. The van der Waals surface area contributed by atoms with E-state index in [1.807, 2.05) is 24.3 Å². The first kappa shape index (κ1) is 19.3. The van der Waals surface area contributed by atoms with Crippen LogP contribution in [0.1, 0.15) is 11.1 Å². The summed E-state index contributed by atoms with van der Waals surface area (Å²) in [6.45, 7) is 6.09. The first-order chi connectivity index (χ1) is 13.3. The van der Waals surface area contributed by atoms with Gasteiger partial charge in [0.1, 0.15) is 0 Å². The Morgan fingerprint density at radius 3 is 2.22 bits per heavy atom. The average molecular weight is 364 g/mol. The monoisotopic (exact) mass is 363 g/mol. The van der Waals surface area contributed by atoms with Crippen molar-refractivity contribution in [2.24, 2.45) is 0 Å². The largest absolute Gasteiger partial charge is 0.355 e. The molecule has 0 aliphatic carbocycles. The number of carbonyl (C=O) groups is 1. The van der Waals surface area contributed by atoms with Crippen LogP contribution in [-0.2, 0) is 11.2 Å². The lowest BCUT2D eigenvalue weighted by Gasteiger charge is -2.33. The van der Waals surface area contributed by atoms with E-state index < -0.39 is 0 Å². The highest BCUT2D eigenvalue weighted by molar-refractivity contribution is 5.78. The average Bonchev–Trinajstić information content (AvgIpc) is 2.71. The molecule has 0 bridgehead atoms. The summed E-state index contributed by atoms with van der Waals surface area (Å²) in [5.41, 5.74) is 2.50. The Balaban J connectivity index is 1.29. The number of carbonyl (C=O) groups excluding carboxylic acids is 1. The summed E-state index contributed by atoms with van der Waals surface area (Å²) in [5.74, 6) is 0.128. The van der Waals surface area contributed by atoms with E-state index in [1.165, 1.54) is 11.1 Å². The fraction of sp³-hybridized carbons (Fsp3) is 0.348. The number of nitrogens with one attached hydrogen (secondary N) is 1. The van der Waals surface area contributed by atoms with Crippen LogP contribution < -0.4 is 5.32 Å². The Morgan fingerprint density at radius 1 is 0.889 bits per heavy atom. The Kier molecular flexibility index (Phi) is 7.63. The van der Waals surface area contributed by atoms with Crippen molar-refractivity contribution >= 4 is 12.0 Å². The van der Waals surface area contributed by atoms with Crippen molar-refractivity contribution < 1.29 is 4.79 Å². The van der Waals surface area contributed by atoms with Gasteiger partial charge in [-0.25, -0.2) is 0 Å². The van der Waals surface area contributed by atoms with Gasteiger partial charge in [-0.15, -0.1) is 0 Å². The molecule has 1 fully saturated rings. The van der Waals surface area contributed by atoms with Crippen LogP contribution in [-0.4, -0.2) is 61.5 Å². The summed E-state index contributed by atoms with van der Waals surface area (Å²) in [5, 5.41) is 3.04. The molecule has 0 aromatic heterocycles. The van der Waals surface area contributed by atoms with E-state index in [0.29, 0.717) is 13.1 Å². The molecule has 4 nitrogen and oxygen atoms in total. The van der Waals surface area contributed by atoms with Crippen molar-refractivity contribution in [3.05, 3.63) is 77.9 Å². The maximum atomic E-state index is 12.1. The van der Waals surface area contributed by atoms with Gasteiger partial charge in [0.05, 0.1) is 6.54 Å². The molecule has 0 radical (unpaired) electrons. The second-order valence-electron chi connectivity index (χ2n) is 6.98. The quantitative estimate of drug-likeness (QED) is 0.783. The van der Waals surface area contributed by atoms with E-state index in [-0.39, 0.29) is 5.91 Å². The van der Waals surface area contributed by atoms with Crippen molar-refractivity contribution in [2.45, 2.75) is 6.42 Å². The van der Waals surface area contributed by atoms with E-state index in [4.69, 9.17) is 0 Å². The molecular formula is C23H29N3O. The molecule has 1 amide bonds. The van der Waals surface area contributed by atoms with Gasteiger partial charge in [-0.2, -0.15) is 0 Å². The molecule has 27 heavy (non-hydrogen) atoms. The van der Waals surface area contributed by atoms with Gasteiger partial charge in [0.15, 0.2) is 0 Å². The molecule has 1 saturated heterocycles. The zero-order valence-electron chi connectivity index (χ0n) is 15.9. The van der Waals surface area contributed by atoms with Gasteiger partial charge in [0, 0.05) is 39.3 Å². The minimum Gasteiger partial charge on any atom is -0.355 e. The van der Waals surface area contributed by atoms with Crippen LogP contribution in [0.15, 0.2) is 66.7 Å². The minimum absolute atomic E-state index is 0.128. The molecular weight excluding hydrogens is 334 g/mol. The molecule has 1 N–H and O–H groups in total. The fourth-order valence-corrected chi connectivity index (χ4v) is 3.28. The van der Waals surface area contributed by atoms with Crippen LogP contribution in [0.5, 0.6) is 0 Å². The number of piperazine rings is 1. The lowest BCUT2D eigenvalue weighted by atomic mass is 10.1. The van der Waals surface area contributed by atoms with Gasteiger partial charge in [-0.05, 0) is 17.5 Å². The topological polar surface area (TPSA) is 35.6 Å². The lowest BCUT2D eigenvalue weighted by molar-refractivity contribution is -0.122. The van der Waals surface area contributed by atoms with Gasteiger partial charge >= 0.3 is 0 Å². The molecule has 0 saturated carbocycles. The summed E-state index contributed by atoms with van der Waals surface area (Å²) >= 11 is 0. The van der Waals surface area contributed by atoms with Crippen molar-refractivity contribution in [3.8, 4) is 0 Å². The summed E-state index contributed by atoms with van der Waals surface area (Å²) in [7, 11) is 0. The molecule has 2 aromatic carbocycles. The predicted molar refractivity (Wildman–Crippen MR) is 112 cm³/mol. The van der Waals surface area contributed by atoms with Crippen LogP contribution in [0, 0.1) is 0 Å². The summed E-state index contributed by atoms with van der Waals surface area (Å²) in [4.78, 5) is 16.8. The van der Waals surface area contributed by atoms with Crippen LogP contribution >= 0.6 is 0 Å². The summed E-state index contributed by atoms with van der Waals surface area (Å²) in [6.07, 6.45) is 5.28. The number of benzene rings is 2.